The minimum Gasteiger partial charge on any atom is -0.493 e. The molecular weight excluding hydrogens is 296 g/mol. The third-order valence-corrected chi connectivity index (χ3v) is 3.22. The molecule has 0 spiro atoms. The zero-order chi connectivity index (χ0) is 16.7. The van der Waals surface area contributed by atoms with E-state index in [0.717, 1.165) is 5.75 Å². The number of benzene rings is 2. The molecule has 0 atom stereocenters. The number of methoxy groups -OCH3 is 2. The predicted molar refractivity (Wildman–Crippen MR) is 86.5 cm³/mol. The summed E-state index contributed by atoms with van der Waals surface area (Å²) < 4.78 is 21.1. The van der Waals surface area contributed by atoms with E-state index in [1.807, 2.05) is 31.2 Å². The molecule has 0 radical (unpaired) electrons. The number of carbonyl (C=O) groups is 1. The van der Waals surface area contributed by atoms with Gasteiger partial charge in [0.25, 0.3) is 0 Å². The van der Waals surface area contributed by atoms with Crippen LogP contribution < -0.4 is 14.2 Å². The van der Waals surface area contributed by atoms with E-state index in [1.54, 1.807) is 18.2 Å². The van der Waals surface area contributed by atoms with E-state index >= 15 is 0 Å². The maximum Gasteiger partial charge on any atom is 0.337 e. The normalized spacial score (nSPS) is 10.0. The lowest BCUT2D eigenvalue weighted by Gasteiger charge is -2.12. The van der Waals surface area contributed by atoms with Gasteiger partial charge in [-0.2, -0.15) is 0 Å². The molecule has 0 saturated heterocycles. The van der Waals surface area contributed by atoms with E-state index in [-0.39, 0.29) is 0 Å². The summed E-state index contributed by atoms with van der Waals surface area (Å²) in [5.74, 6) is 1.40. The first-order valence-corrected chi connectivity index (χ1v) is 7.22. The van der Waals surface area contributed by atoms with E-state index in [1.165, 1.54) is 19.8 Å². The van der Waals surface area contributed by atoms with Crippen LogP contribution >= 0.6 is 0 Å². The molecule has 2 aromatic rings. The third-order valence-electron chi connectivity index (χ3n) is 3.22. The first-order chi connectivity index (χ1) is 11.1. The van der Waals surface area contributed by atoms with E-state index in [9.17, 15) is 4.79 Å². The Morgan fingerprint density at radius 1 is 0.913 bits per heavy atom. The highest BCUT2D eigenvalue weighted by atomic mass is 16.5. The molecule has 0 aliphatic rings. The molecule has 2 aromatic carbocycles. The summed E-state index contributed by atoms with van der Waals surface area (Å²) in [7, 11) is 2.85. The summed E-state index contributed by atoms with van der Waals surface area (Å²) in [5, 5.41) is 0. The van der Waals surface area contributed by atoms with Crippen LogP contribution in [0.4, 0.5) is 0 Å². The summed E-state index contributed by atoms with van der Waals surface area (Å²) in [6.07, 6.45) is 0. The number of rotatable bonds is 7. The number of ether oxygens (including phenoxy) is 4. The minimum absolute atomic E-state index is 0.363. The summed E-state index contributed by atoms with van der Waals surface area (Å²) in [5.41, 5.74) is 1.59. The van der Waals surface area contributed by atoms with Gasteiger partial charge in [0.1, 0.15) is 19.0 Å². The molecular formula is C18H20O5. The van der Waals surface area contributed by atoms with Gasteiger partial charge in [-0.1, -0.05) is 17.7 Å². The minimum atomic E-state index is -0.419. The highest BCUT2D eigenvalue weighted by molar-refractivity contribution is 5.90. The van der Waals surface area contributed by atoms with E-state index in [2.05, 4.69) is 4.74 Å². The van der Waals surface area contributed by atoms with Crippen molar-refractivity contribution in [2.75, 3.05) is 27.4 Å². The van der Waals surface area contributed by atoms with Crippen LogP contribution in [0.15, 0.2) is 42.5 Å². The number of carbonyl (C=O) groups excluding carboxylic acids is 1. The molecule has 5 nitrogen and oxygen atoms in total. The zero-order valence-corrected chi connectivity index (χ0v) is 13.5. The average molecular weight is 316 g/mol. The second kappa shape index (κ2) is 8.08. The molecule has 23 heavy (non-hydrogen) atoms. The Hall–Kier alpha value is -2.69. The molecule has 0 bridgehead atoms. The van der Waals surface area contributed by atoms with E-state index in [0.29, 0.717) is 30.3 Å². The summed E-state index contributed by atoms with van der Waals surface area (Å²) in [6.45, 7) is 2.80. The fourth-order valence-electron chi connectivity index (χ4n) is 1.98. The van der Waals surface area contributed by atoms with Crippen molar-refractivity contribution in [3.8, 4) is 17.2 Å². The van der Waals surface area contributed by atoms with Crippen LogP contribution in [-0.4, -0.2) is 33.4 Å². The van der Waals surface area contributed by atoms with Gasteiger partial charge in [0.2, 0.25) is 0 Å². The van der Waals surface area contributed by atoms with Gasteiger partial charge in [-0.15, -0.1) is 0 Å². The molecule has 0 aromatic heterocycles. The smallest absolute Gasteiger partial charge is 0.337 e. The van der Waals surface area contributed by atoms with Crippen molar-refractivity contribution in [2.24, 2.45) is 0 Å². The molecule has 0 N–H and O–H groups in total. The van der Waals surface area contributed by atoms with Gasteiger partial charge >= 0.3 is 5.97 Å². The van der Waals surface area contributed by atoms with Crippen LogP contribution in [0.5, 0.6) is 17.2 Å². The molecule has 0 aliphatic heterocycles. The fraction of sp³-hybridized carbons (Fsp3) is 0.278. The SMILES string of the molecule is COC(=O)c1ccc(OCCOc2ccc(C)cc2)c(OC)c1. The van der Waals surface area contributed by atoms with Crippen LogP contribution in [0, 0.1) is 6.92 Å². The topological polar surface area (TPSA) is 54.0 Å². The largest absolute Gasteiger partial charge is 0.493 e. The molecule has 2 rings (SSSR count). The summed E-state index contributed by atoms with van der Waals surface area (Å²) >= 11 is 0. The van der Waals surface area contributed by atoms with Crippen molar-refractivity contribution in [2.45, 2.75) is 6.92 Å². The molecule has 0 unspecified atom stereocenters. The van der Waals surface area contributed by atoms with Gasteiger partial charge in [-0.3, -0.25) is 0 Å². The monoisotopic (exact) mass is 316 g/mol. The fourth-order valence-corrected chi connectivity index (χ4v) is 1.98. The van der Waals surface area contributed by atoms with Crippen LogP contribution in [0.2, 0.25) is 0 Å². The number of hydrogen-bond donors (Lipinski definition) is 0. The van der Waals surface area contributed by atoms with Gasteiger partial charge in [0, 0.05) is 0 Å². The van der Waals surface area contributed by atoms with Gasteiger partial charge in [-0.25, -0.2) is 4.79 Å². The third kappa shape index (κ3) is 4.64. The Morgan fingerprint density at radius 2 is 1.61 bits per heavy atom. The second-order valence-corrected chi connectivity index (χ2v) is 4.87. The predicted octanol–water partition coefficient (Wildman–Crippen LogP) is 3.25. The lowest BCUT2D eigenvalue weighted by atomic mass is 10.2. The van der Waals surface area contributed by atoms with Crippen LogP contribution in [0.25, 0.3) is 0 Å². The highest BCUT2D eigenvalue weighted by Gasteiger charge is 2.11. The molecule has 5 heteroatoms. The van der Waals surface area contributed by atoms with Gasteiger partial charge in [0.15, 0.2) is 11.5 Å². The standard InChI is InChI=1S/C18H20O5/c1-13-4-7-15(8-5-13)22-10-11-23-16-9-6-14(18(19)21-3)12-17(16)20-2/h4-9,12H,10-11H2,1-3H3. The van der Waals surface area contributed by atoms with Crippen molar-refractivity contribution in [1.82, 2.24) is 0 Å². The Morgan fingerprint density at radius 3 is 2.26 bits per heavy atom. The lowest BCUT2D eigenvalue weighted by molar-refractivity contribution is 0.0600. The molecule has 0 fully saturated rings. The Bertz CT molecular complexity index is 649. The average Bonchev–Trinajstić information content (AvgIpc) is 2.59. The van der Waals surface area contributed by atoms with Gasteiger partial charge < -0.3 is 18.9 Å². The van der Waals surface area contributed by atoms with Crippen molar-refractivity contribution in [3.63, 3.8) is 0 Å². The molecule has 0 saturated carbocycles. The first kappa shape index (κ1) is 16.7. The second-order valence-electron chi connectivity index (χ2n) is 4.87. The van der Waals surface area contributed by atoms with Gasteiger partial charge in [0.05, 0.1) is 19.8 Å². The number of hydrogen-bond acceptors (Lipinski definition) is 5. The highest BCUT2D eigenvalue weighted by Crippen LogP contribution is 2.28. The van der Waals surface area contributed by atoms with Crippen LogP contribution in [-0.2, 0) is 4.74 Å². The van der Waals surface area contributed by atoms with Crippen molar-refractivity contribution >= 4 is 5.97 Å². The van der Waals surface area contributed by atoms with Crippen molar-refractivity contribution in [3.05, 3.63) is 53.6 Å². The van der Waals surface area contributed by atoms with E-state index < -0.39 is 5.97 Å². The zero-order valence-electron chi connectivity index (χ0n) is 13.5. The quantitative estimate of drug-likeness (QED) is 0.580. The number of esters is 1. The maximum absolute atomic E-state index is 11.5. The lowest BCUT2D eigenvalue weighted by Crippen LogP contribution is -2.10. The van der Waals surface area contributed by atoms with Crippen molar-refractivity contribution < 1.29 is 23.7 Å². The van der Waals surface area contributed by atoms with Crippen LogP contribution in [0.1, 0.15) is 15.9 Å². The molecule has 122 valence electrons. The van der Waals surface area contributed by atoms with Crippen LogP contribution in [0.3, 0.4) is 0 Å². The molecule has 0 aliphatic carbocycles. The first-order valence-electron chi connectivity index (χ1n) is 7.22. The Balaban J connectivity index is 1.89. The van der Waals surface area contributed by atoms with Crippen molar-refractivity contribution in [1.29, 1.82) is 0 Å². The summed E-state index contributed by atoms with van der Waals surface area (Å²) in [6, 6.07) is 12.7. The summed E-state index contributed by atoms with van der Waals surface area (Å²) in [4.78, 5) is 11.5. The number of aryl methyl sites for hydroxylation is 1. The maximum atomic E-state index is 11.5. The Kier molecular flexibility index (Phi) is 5.86. The molecule has 0 amide bonds. The van der Waals surface area contributed by atoms with Gasteiger partial charge in [-0.05, 0) is 37.3 Å². The Labute approximate surface area is 135 Å². The molecule has 0 heterocycles. The van der Waals surface area contributed by atoms with E-state index in [4.69, 9.17) is 14.2 Å².